The lowest BCUT2D eigenvalue weighted by Crippen LogP contribution is -2.37. The molecule has 0 saturated carbocycles. The Morgan fingerprint density at radius 2 is 1.94 bits per heavy atom. The van der Waals surface area contributed by atoms with Crippen LogP contribution >= 0.6 is 39.3 Å². The number of carbonyl (C=O) groups is 2. The van der Waals surface area contributed by atoms with Crippen LogP contribution in [0.5, 0.6) is 11.6 Å². The summed E-state index contributed by atoms with van der Waals surface area (Å²) in [5, 5.41) is 9.43. The van der Waals surface area contributed by atoms with Crippen LogP contribution in [0.25, 0.3) is 11.3 Å². The highest BCUT2D eigenvalue weighted by atomic mass is 79.9. The van der Waals surface area contributed by atoms with Crippen molar-refractivity contribution >= 4 is 56.9 Å². The number of amides is 1. The van der Waals surface area contributed by atoms with Gasteiger partial charge in [-0.3, -0.25) is 14.5 Å². The zero-order valence-corrected chi connectivity index (χ0v) is 22.4. The first-order chi connectivity index (χ1) is 16.9. The van der Waals surface area contributed by atoms with Gasteiger partial charge in [-0.25, -0.2) is 0 Å². The molecule has 0 spiro atoms. The van der Waals surface area contributed by atoms with Gasteiger partial charge >= 0.3 is 5.97 Å². The second-order valence-electron chi connectivity index (χ2n) is 7.42. The summed E-state index contributed by atoms with van der Waals surface area (Å²) in [5.74, 6) is 0.520. The second kappa shape index (κ2) is 10.9. The van der Waals surface area contributed by atoms with Crippen LogP contribution in [0, 0.1) is 0 Å². The van der Waals surface area contributed by atoms with Crippen molar-refractivity contribution in [2.75, 3.05) is 10.7 Å². The van der Waals surface area contributed by atoms with Gasteiger partial charge in [-0.2, -0.15) is 4.98 Å². The Labute approximate surface area is 220 Å². The van der Waals surface area contributed by atoms with Gasteiger partial charge in [-0.05, 0) is 39.9 Å². The van der Waals surface area contributed by atoms with Crippen LogP contribution in [-0.4, -0.2) is 32.8 Å². The highest BCUT2D eigenvalue weighted by Gasteiger charge is 2.37. The molecule has 0 saturated heterocycles. The van der Waals surface area contributed by atoms with Crippen molar-refractivity contribution in [3.8, 4) is 22.9 Å². The number of aromatic nitrogens is 3. The molecule has 182 valence electrons. The molecule has 3 aromatic rings. The molecule has 0 bridgehead atoms. The third kappa shape index (κ3) is 5.14. The summed E-state index contributed by atoms with van der Waals surface area (Å²) in [4.78, 5) is 31.8. The molecule has 8 nitrogen and oxygen atoms in total. The summed E-state index contributed by atoms with van der Waals surface area (Å²) in [7, 11) is 0. The number of ether oxygens (including phenoxy) is 2. The lowest BCUT2D eigenvalue weighted by Gasteiger charge is -2.31. The summed E-state index contributed by atoms with van der Waals surface area (Å²) in [5.41, 5.74) is 2.01. The predicted octanol–water partition coefficient (Wildman–Crippen LogP) is 6.22. The fraction of sp³-hybridized carbons (Fsp3) is 0.292. The van der Waals surface area contributed by atoms with Crippen LogP contribution in [0.15, 0.2) is 46.0 Å². The van der Waals surface area contributed by atoms with Crippen molar-refractivity contribution in [1.82, 2.24) is 15.2 Å². The van der Waals surface area contributed by atoms with Gasteiger partial charge < -0.3 is 9.47 Å². The molecule has 0 radical (unpaired) electrons. The van der Waals surface area contributed by atoms with Gasteiger partial charge in [0.05, 0.1) is 15.7 Å². The van der Waals surface area contributed by atoms with E-state index in [-0.39, 0.29) is 30.4 Å². The van der Waals surface area contributed by atoms with Crippen molar-refractivity contribution < 1.29 is 19.1 Å². The Bertz CT molecular complexity index is 1290. The first-order valence-corrected chi connectivity index (χ1v) is 13.2. The number of para-hydroxylation sites is 1. The number of nitrogens with zero attached hydrogens (tertiary/aromatic N) is 4. The van der Waals surface area contributed by atoms with Crippen LogP contribution in [0.1, 0.15) is 45.4 Å². The Balaban J connectivity index is 2.00. The van der Waals surface area contributed by atoms with Gasteiger partial charge in [-0.15, -0.1) is 10.2 Å². The smallest absolute Gasteiger partial charge is 0.310 e. The highest BCUT2D eigenvalue weighted by molar-refractivity contribution is 9.10. The topological polar surface area (TPSA) is 94.5 Å². The van der Waals surface area contributed by atoms with Crippen molar-refractivity contribution in [2.24, 2.45) is 0 Å². The van der Waals surface area contributed by atoms with Crippen LogP contribution in [-0.2, 0) is 9.59 Å². The Kier molecular flexibility index (Phi) is 7.93. The average Bonchev–Trinajstić information content (AvgIpc) is 2.99. The molecule has 0 N–H and O–H groups in total. The molecule has 1 aliphatic rings. The largest absolute Gasteiger partial charge is 0.447 e. The van der Waals surface area contributed by atoms with E-state index < -0.39 is 12.2 Å². The normalized spacial score (nSPS) is 14.4. The minimum Gasteiger partial charge on any atom is -0.447 e. The van der Waals surface area contributed by atoms with Gasteiger partial charge in [0.1, 0.15) is 0 Å². The summed E-state index contributed by atoms with van der Waals surface area (Å²) in [6.45, 7) is 5.45. The Hall–Kier alpha value is -2.69. The van der Waals surface area contributed by atoms with E-state index in [1.807, 2.05) is 31.2 Å². The molecular formula is C24H22BrClN4O4S. The minimum atomic E-state index is -1.05. The molecule has 1 atom stereocenters. The number of anilines is 1. The van der Waals surface area contributed by atoms with Crippen LogP contribution in [0.2, 0.25) is 5.02 Å². The van der Waals surface area contributed by atoms with E-state index in [1.165, 1.54) is 16.7 Å². The summed E-state index contributed by atoms with van der Waals surface area (Å²) in [6, 6.07) is 10.6. The summed E-state index contributed by atoms with van der Waals surface area (Å²) in [6.07, 6.45) is -0.680. The molecule has 35 heavy (non-hydrogen) atoms. The maximum atomic E-state index is 13.4. The number of rotatable bonds is 6. The number of esters is 1. The lowest BCUT2D eigenvalue weighted by atomic mass is 10.1. The first-order valence-electron chi connectivity index (χ1n) is 11.0. The number of halogens is 2. The molecule has 1 amide bonds. The summed E-state index contributed by atoms with van der Waals surface area (Å²) < 4.78 is 12.5. The quantitative estimate of drug-likeness (QED) is 0.194. The number of fused-ring (bicyclic) bond motifs is 3. The zero-order valence-electron chi connectivity index (χ0n) is 19.2. The van der Waals surface area contributed by atoms with E-state index in [2.05, 4.69) is 31.1 Å². The van der Waals surface area contributed by atoms with E-state index in [0.717, 1.165) is 5.75 Å². The van der Waals surface area contributed by atoms with Crippen molar-refractivity contribution in [1.29, 1.82) is 0 Å². The van der Waals surface area contributed by atoms with E-state index in [4.69, 9.17) is 21.1 Å². The lowest BCUT2D eigenvalue weighted by molar-refractivity contribution is -0.134. The predicted molar refractivity (Wildman–Crippen MR) is 138 cm³/mol. The molecule has 1 aliphatic heterocycles. The highest BCUT2D eigenvalue weighted by Crippen LogP contribution is 2.47. The fourth-order valence-corrected chi connectivity index (χ4v) is 5.02. The van der Waals surface area contributed by atoms with E-state index in [9.17, 15) is 9.59 Å². The Morgan fingerprint density at radius 1 is 1.17 bits per heavy atom. The SMILES string of the molecule is CCSc1nnc2c(n1)O[C@@H](c1cc(Cl)cc(Br)c1OC(=O)CC)N(C(=O)CC)c1ccccc1-2. The molecule has 0 unspecified atom stereocenters. The van der Waals surface area contributed by atoms with Crippen LogP contribution in [0.3, 0.4) is 0 Å². The maximum absolute atomic E-state index is 13.4. The Morgan fingerprint density at radius 3 is 2.66 bits per heavy atom. The first kappa shape index (κ1) is 25.4. The molecular weight excluding hydrogens is 556 g/mol. The third-order valence-electron chi connectivity index (χ3n) is 5.16. The van der Waals surface area contributed by atoms with Gasteiger partial charge in [0, 0.05) is 23.4 Å². The average molecular weight is 578 g/mol. The second-order valence-corrected chi connectivity index (χ2v) is 9.94. The van der Waals surface area contributed by atoms with Gasteiger partial charge in [-0.1, -0.05) is 62.3 Å². The zero-order chi connectivity index (χ0) is 25.1. The molecule has 2 aromatic carbocycles. The van der Waals surface area contributed by atoms with E-state index >= 15 is 0 Å². The van der Waals surface area contributed by atoms with Crippen molar-refractivity contribution in [3.63, 3.8) is 0 Å². The third-order valence-corrected chi connectivity index (χ3v) is 6.69. The molecule has 1 aromatic heterocycles. The van der Waals surface area contributed by atoms with Crippen LogP contribution < -0.4 is 14.4 Å². The number of thioether (sulfide) groups is 1. The molecule has 0 aliphatic carbocycles. The van der Waals surface area contributed by atoms with Gasteiger partial charge in [0.2, 0.25) is 23.2 Å². The molecule has 11 heteroatoms. The van der Waals surface area contributed by atoms with E-state index in [0.29, 0.717) is 37.2 Å². The number of hydrogen-bond acceptors (Lipinski definition) is 8. The fourth-order valence-electron chi connectivity index (χ4n) is 3.60. The van der Waals surface area contributed by atoms with Crippen LogP contribution in [0.4, 0.5) is 5.69 Å². The van der Waals surface area contributed by atoms with Gasteiger partial charge in [0.25, 0.3) is 0 Å². The van der Waals surface area contributed by atoms with Crippen molar-refractivity contribution in [2.45, 2.75) is 45.0 Å². The summed E-state index contributed by atoms with van der Waals surface area (Å²) >= 11 is 11.3. The molecule has 2 heterocycles. The molecule has 0 fully saturated rings. The van der Waals surface area contributed by atoms with E-state index in [1.54, 1.807) is 26.0 Å². The number of hydrogen-bond donors (Lipinski definition) is 0. The number of benzene rings is 2. The van der Waals surface area contributed by atoms with Crippen molar-refractivity contribution in [3.05, 3.63) is 51.5 Å². The standard InChI is InChI=1S/C24H22BrClN4O4S/c1-4-18(31)30-17-10-8-7-9-14(17)20-22(27-24(29-28-20)35-6-3)34-23(30)15-11-13(26)12-16(25)21(15)33-19(32)5-2/h7-12,23H,4-6H2,1-3H3/t23-/m0/s1. The monoisotopic (exact) mass is 576 g/mol. The molecule has 4 rings (SSSR count). The van der Waals surface area contributed by atoms with Gasteiger partial charge in [0.15, 0.2) is 11.4 Å². The number of carbonyl (C=O) groups excluding carboxylic acids is 2. The maximum Gasteiger partial charge on any atom is 0.310 e. The minimum absolute atomic E-state index is 0.165.